The molecule has 5 aromatic rings. The smallest absolute Gasteiger partial charge is 0.158 e. The van der Waals surface area contributed by atoms with Gasteiger partial charge < -0.3 is 15.8 Å². The fourth-order valence-electron chi connectivity index (χ4n) is 5.31. The lowest BCUT2D eigenvalue weighted by molar-refractivity contribution is 0.239. The number of pyridine rings is 1. The maximum absolute atomic E-state index is 6.34. The van der Waals surface area contributed by atoms with Crippen LogP contribution in [0.1, 0.15) is 37.3 Å². The monoisotopic (exact) mass is 511 g/mol. The molecule has 1 fully saturated rings. The molecule has 1 aliphatic rings. The summed E-state index contributed by atoms with van der Waals surface area (Å²) in [6.07, 6.45) is 10.2. The van der Waals surface area contributed by atoms with Crippen LogP contribution in [-0.2, 0) is 6.54 Å². The maximum Gasteiger partial charge on any atom is 0.158 e. The standard InChI is InChI=1S/C28H33N9O/c1-3-20-13-22(29)7-9-35(15-20)16-21-6-10-37-27(21)28(31-18-33-37)34-23-4-5-25(19(2)12-23)38-24-8-11-36-26(14-24)30-17-32-36/h4-6,8,10-12,14,17-18,20,22H,3,7,9,13,15-16,29H2,1-2H3,(H,31,33,34)/t20-,22-/m1/s1. The Labute approximate surface area is 221 Å². The Morgan fingerprint density at radius 1 is 1.05 bits per heavy atom. The van der Waals surface area contributed by atoms with Crippen LogP contribution in [-0.4, -0.2) is 53.2 Å². The first-order valence-corrected chi connectivity index (χ1v) is 13.2. The number of anilines is 2. The number of fused-ring (bicyclic) bond motifs is 2. The first-order valence-electron chi connectivity index (χ1n) is 13.2. The summed E-state index contributed by atoms with van der Waals surface area (Å²) in [7, 11) is 0. The quantitative estimate of drug-likeness (QED) is 0.327. The van der Waals surface area contributed by atoms with Crippen LogP contribution >= 0.6 is 0 Å². The van der Waals surface area contributed by atoms with Gasteiger partial charge in [0.1, 0.15) is 29.7 Å². The number of benzene rings is 1. The van der Waals surface area contributed by atoms with Crippen LogP contribution in [0, 0.1) is 12.8 Å². The SMILES string of the molecule is CC[C@@H]1C[C@H](N)CCN(Cc2ccn3ncnc(Nc4ccc(Oc5ccn6ncnc6c5)c(C)c4)c23)C1. The Balaban J connectivity index is 1.22. The molecular weight excluding hydrogens is 478 g/mol. The molecular formula is C28H33N9O. The average molecular weight is 512 g/mol. The van der Waals surface area contributed by atoms with Crippen molar-refractivity contribution in [2.75, 3.05) is 18.4 Å². The lowest BCUT2D eigenvalue weighted by Crippen LogP contribution is -2.28. The van der Waals surface area contributed by atoms with Crippen molar-refractivity contribution in [1.82, 2.24) is 34.1 Å². The van der Waals surface area contributed by atoms with E-state index in [0.29, 0.717) is 11.7 Å². The third kappa shape index (κ3) is 5.05. The minimum Gasteiger partial charge on any atom is -0.457 e. The number of ether oxygens (including phenoxy) is 1. The predicted octanol–water partition coefficient (Wildman–Crippen LogP) is 4.57. The molecule has 0 bridgehead atoms. The van der Waals surface area contributed by atoms with E-state index in [1.807, 2.05) is 48.1 Å². The second-order valence-corrected chi connectivity index (χ2v) is 10.2. The van der Waals surface area contributed by atoms with Gasteiger partial charge in [0.05, 0.1) is 0 Å². The van der Waals surface area contributed by atoms with E-state index in [9.17, 15) is 0 Å². The molecule has 0 radical (unpaired) electrons. The molecule has 0 unspecified atom stereocenters. The van der Waals surface area contributed by atoms with Gasteiger partial charge in [-0.2, -0.15) is 10.2 Å². The summed E-state index contributed by atoms with van der Waals surface area (Å²) in [5, 5.41) is 12.1. The molecule has 1 aliphatic heterocycles. The van der Waals surface area contributed by atoms with Crippen molar-refractivity contribution in [3.05, 3.63) is 72.6 Å². The highest BCUT2D eigenvalue weighted by atomic mass is 16.5. The van der Waals surface area contributed by atoms with Gasteiger partial charge in [0.15, 0.2) is 11.5 Å². The Kier molecular flexibility index (Phi) is 6.65. The Hall–Kier alpha value is -4.02. The van der Waals surface area contributed by atoms with E-state index in [2.05, 4.69) is 49.4 Å². The Bertz CT molecular complexity index is 1560. The number of nitrogens with one attached hydrogen (secondary N) is 1. The fourth-order valence-corrected chi connectivity index (χ4v) is 5.31. The van der Waals surface area contributed by atoms with Gasteiger partial charge in [0.25, 0.3) is 0 Å². The molecule has 10 heteroatoms. The van der Waals surface area contributed by atoms with E-state index in [1.54, 1.807) is 10.8 Å². The van der Waals surface area contributed by atoms with Crippen LogP contribution in [0.2, 0.25) is 0 Å². The molecule has 38 heavy (non-hydrogen) atoms. The molecule has 4 aromatic heterocycles. The molecule has 3 N–H and O–H groups in total. The van der Waals surface area contributed by atoms with Crippen molar-refractivity contribution >= 4 is 22.7 Å². The number of likely N-dealkylation sites (tertiary alicyclic amines) is 1. The molecule has 1 saturated heterocycles. The van der Waals surface area contributed by atoms with Gasteiger partial charge in [-0.15, -0.1) is 0 Å². The summed E-state index contributed by atoms with van der Waals surface area (Å²) in [4.78, 5) is 11.4. The number of aryl methyl sites for hydroxylation is 1. The van der Waals surface area contributed by atoms with Gasteiger partial charge in [-0.1, -0.05) is 13.3 Å². The van der Waals surface area contributed by atoms with Crippen LogP contribution in [0.5, 0.6) is 11.5 Å². The van der Waals surface area contributed by atoms with Crippen molar-refractivity contribution in [2.24, 2.45) is 11.7 Å². The van der Waals surface area contributed by atoms with Crippen molar-refractivity contribution in [1.29, 1.82) is 0 Å². The van der Waals surface area contributed by atoms with Crippen LogP contribution in [0.4, 0.5) is 11.5 Å². The van der Waals surface area contributed by atoms with Gasteiger partial charge >= 0.3 is 0 Å². The highest BCUT2D eigenvalue weighted by molar-refractivity contribution is 5.76. The molecule has 196 valence electrons. The lowest BCUT2D eigenvalue weighted by atomic mass is 9.98. The molecule has 5 heterocycles. The topological polar surface area (TPSA) is 111 Å². The largest absolute Gasteiger partial charge is 0.457 e. The van der Waals surface area contributed by atoms with Crippen LogP contribution in [0.15, 0.2) is 61.4 Å². The minimum atomic E-state index is 0.289. The third-order valence-corrected chi connectivity index (χ3v) is 7.39. The molecule has 1 aromatic carbocycles. The zero-order valence-electron chi connectivity index (χ0n) is 21.8. The maximum atomic E-state index is 6.34. The number of aromatic nitrogens is 6. The number of nitrogens with zero attached hydrogens (tertiary/aromatic N) is 7. The van der Waals surface area contributed by atoms with Crippen LogP contribution < -0.4 is 15.8 Å². The van der Waals surface area contributed by atoms with Crippen LogP contribution in [0.25, 0.3) is 11.2 Å². The summed E-state index contributed by atoms with van der Waals surface area (Å²) < 4.78 is 9.74. The van der Waals surface area contributed by atoms with E-state index < -0.39 is 0 Å². The average Bonchev–Trinajstić information content (AvgIpc) is 3.51. The minimum absolute atomic E-state index is 0.289. The normalized spacial score (nSPS) is 18.6. The number of rotatable bonds is 7. The second-order valence-electron chi connectivity index (χ2n) is 10.2. The van der Waals surface area contributed by atoms with E-state index >= 15 is 0 Å². The van der Waals surface area contributed by atoms with E-state index in [-0.39, 0.29) is 6.04 Å². The summed E-state index contributed by atoms with van der Waals surface area (Å²) in [5.74, 6) is 2.91. The van der Waals surface area contributed by atoms with E-state index in [1.165, 1.54) is 11.9 Å². The summed E-state index contributed by atoms with van der Waals surface area (Å²) in [5.41, 5.74) is 11.2. The molecule has 0 saturated carbocycles. The number of hydrogen-bond donors (Lipinski definition) is 2. The molecule has 2 atom stereocenters. The summed E-state index contributed by atoms with van der Waals surface area (Å²) in [6, 6.07) is 12.2. The number of hydrogen-bond acceptors (Lipinski definition) is 8. The van der Waals surface area contributed by atoms with E-state index in [4.69, 9.17) is 10.5 Å². The van der Waals surface area contributed by atoms with Crippen molar-refractivity contribution in [3.63, 3.8) is 0 Å². The zero-order chi connectivity index (χ0) is 26.1. The molecule has 10 nitrogen and oxygen atoms in total. The van der Waals surface area contributed by atoms with E-state index in [0.717, 1.165) is 72.9 Å². The molecule has 6 rings (SSSR count). The van der Waals surface area contributed by atoms with Gasteiger partial charge in [-0.25, -0.2) is 19.0 Å². The van der Waals surface area contributed by atoms with Crippen molar-refractivity contribution in [2.45, 2.75) is 45.7 Å². The molecule has 0 amide bonds. The highest BCUT2D eigenvalue weighted by Gasteiger charge is 2.23. The van der Waals surface area contributed by atoms with Gasteiger partial charge in [-0.05, 0) is 73.7 Å². The van der Waals surface area contributed by atoms with Gasteiger partial charge in [0.2, 0.25) is 0 Å². The second kappa shape index (κ2) is 10.4. The zero-order valence-corrected chi connectivity index (χ0v) is 21.8. The Morgan fingerprint density at radius 2 is 1.89 bits per heavy atom. The van der Waals surface area contributed by atoms with Gasteiger partial charge in [-0.3, -0.25) is 4.90 Å². The molecule has 0 aliphatic carbocycles. The third-order valence-electron chi connectivity index (χ3n) is 7.39. The first kappa shape index (κ1) is 24.3. The van der Waals surface area contributed by atoms with Crippen molar-refractivity contribution < 1.29 is 4.74 Å². The molecule has 0 spiro atoms. The van der Waals surface area contributed by atoms with Crippen molar-refractivity contribution in [3.8, 4) is 11.5 Å². The first-order chi connectivity index (χ1) is 18.6. The van der Waals surface area contributed by atoms with Gasteiger partial charge in [0, 0.05) is 43.3 Å². The number of nitrogens with two attached hydrogens (primary N) is 1. The summed E-state index contributed by atoms with van der Waals surface area (Å²) >= 11 is 0. The summed E-state index contributed by atoms with van der Waals surface area (Å²) in [6.45, 7) is 7.23. The Morgan fingerprint density at radius 3 is 2.76 bits per heavy atom. The predicted molar refractivity (Wildman–Crippen MR) is 147 cm³/mol. The lowest BCUT2D eigenvalue weighted by Gasteiger charge is -2.23. The fraction of sp³-hybridized carbons (Fsp3) is 0.357. The highest BCUT2D eigenvalue weighted by Crippen LogP contribution is 2.30. The van der Waals surface area contributed by atoms with Crippen LogP contribution in [0.3, 0.4) is 0 Å².